The molecule has 0 aliphatic heterocycles. The first-order valence-corrected chi connectivity index (χ1v) is 7.40. The van der Waals surface area contributed by atoms with Crippen LogP contribution in [-0.4, -0.2) is 19.4 Å². The fourth-order valence-electron chi connectivity index (χ4n) is 0.688. The first-order chi connectivity index (χ1) is 5.37. The lowest BCUT2D eigenvalue weighted by atomic mass is 10.4. The summed E-state index contributed by atoms with van der Waals surface area (Å²) in [5.74, 6) is -0.879. The Bertz CT molecular complexity index is 191. The molecule has 0 fully saturated rings. The molecule has 0 saturated heterocycles. The predicted octanol–water partition coefficient (Wildman–Crippen LogP) is 2.22. The van der Waals surface area contributed by atoms with Crippen molar-refractivity contribution in [2.24, 2.45) is 0 Å². The molecule has 3 nitrogen and oxygen atoms in total. The third kappa shape index (κ3) is 4.95. The number of carboxylic acids is 1. The van der Waals surface area contributed by atoms with Gasteiger partial charge in [0.2, 0.25) is 8.32 Å². The standard InChI is InChI=1S/C8H16O3Si/c1-5-6-7(8(9)10)11-12(2,3)4/h6H,5H2,1-4H3,(H,9,10)/b7-6+. The van der Waals surface area contributed by atoms with Gasteiger partial charge in [0.05, 0.1) is 0 Å². The third-order valence-electron chi connectivity index (χ3n) is 1.02. The lowest BCUT2D eigenvalue weighted by Crippen LogP contribution is -2.27. The van der Waals surface area contributed by atoms with Gasteiger partial charge in [-0.1, -0.05) is 6.92 Å². The van der Waals surface area contributed by atoms with Crippen LogP contribution in [0, 0.1) is 0 Å². The molecule has 0 aliphatic rings. The van der Waals surface area contributed by atoms with E-state index in [0.717, 1.165) is 0 Å². The Balaban J connectivity index is 4.36. The van der Waals surface area contributed by atoms with E-state index >= 15 is 0 Å². The van der Waals surface area contributed by atoms with Gasteiger partial charge < -0.3 is 9.53 Å². The Labute approximate surface area is 74.2 Å². The zero-order valence-corrected chi connectivity index (χ0v) is 9.05. The normalized spacial score (nSPS) is 12.8. The summed E-state index contributed by atoms with van der Waals surface area (Å²) in [6.45, 7) is 7.76. The molecule has 70 valence electrons. The van der Waals surface area contributed by atoms with Gasteiger partial charge >= 0.3 is 5.97 Å². The minimum atomic E-state index is -1.77. The summed E-state index contributed by atoms with van der Waals surface area (Å²) >= 11 is 0. The van der Waals surface area contributed by atoms with Crippen LogP contribution in [0.5, 0.6) is 0 Å². The molecule has 0 aromatic rings. The van der Waals surface area contributed by atoms with Gasteiger partial charge in [0.25, 0.3) is 0 Å². The minimum Gasteiger partial charge on any atom is -0.540 e. The fourth-order valence-corrected chi connectivity index (χ4v) is 1.52. The average Bonchev–Trinajstić information content (AvgIpc) is 1.83. The SMILES string of the molecule is CC/C=C(/O[Si](C)(C)C)C(=O)O. The van der Waals surface area contributed by atoms with Crippen molar-refractivity contribution in [3.63, 3.8) is 0 Å². The summed E-state index contributed by atoms with van der Waals surface area (Å²) in [5.41, 5.74) is 0. The first-order valence-electron chi connectivity index (χ1n) is 3.99. The van der Waals surface area contributed by atoms with Crippen LogP contribution in [0.2, 0.25) is 19.6 Å². The molecule has 0 aromatic carbocycles. The molecule has 0 unspecified atom stereocenters. The molecule has 0 atom stereocenters. The molecule has 0 heterocycles. The number of rotatable bonds is 4. The van der Waals surface area contributed by atoms with Crippen molar-refractivity contribution in [2.45, 2.75) is 33.0 Å². The molecule has 0 spiro atoms. The summed E-state index contributed by atoms with van der Waals surface area (Å²) in [5, 5.41) is 8.70. The number of aliphatic carboxylic acids is 1. The monoisotopic (exact) mass is 188 g/mol. The Hall–Kier alpha value is -0.773. The van der Waals surface area contributed by atoms with Gasteiger partial charge in [-0.05, 0) is 32.1 Å². The van der Waals surface area contributed by atoms with Crippen LogP contribution in [0.4, 0.5) is 0 Å². The number of hydrogen-bond acceptors (Lipinski definition) is 2. The van der Waals surface area contributed by atoms with E-state index in [9.17, 15) is 4.79 Å². The second kappa shape index (κ2) is 4.30. The number of carboxylic acid groups (broad SMARTS) is 1. The summed E-state index contributed by atoms with van der Waals surface area (Å²) in [6.07, 6.45) is 2.28. The van der Waals surface area contributed by atoms with E-state index in [2.05, 4.69) is 0 Å². The Morgan fingerprint density at radius 2 is 2.00 bits per heavy atom. The van der Waals surface area contributed by atoms with Crippen LogP contribution in [0.1, 0.15) is 13.3 Å². The van der Waals surface area contributed by atoms with E-state index in [1.807, 2.05) is 26.6 Å². The number of hydrogen-bond donors (Lipinski definition) is 1. The highest BCUT2D eigenvalue weighted by molar-refractivity contribution is 6.70. The van der Waals surface area contributed by atoms with Crippen molar-refractivity contribution in [1.82, 2.24) is 0 Å². The minimum absolute atomic E-state index is 0.0941. The van der Waals surface area contributed by atoms with Crippen LogP contribution in [0.3, 0.4) is 0 Å². The summed E-state index contributed by atoms with van der Waals surface area (Å²) in [6, 6.07) is 0. The van der Waals surface area contributed by atoms with Crippen molar-refractivity contribution in [2.75, 3.05) is 0 Å². The topological polar surface area (TPSA) is 46.5 Å². The molecule has 12 heavy (non-hydrogen) atoms. The van der Waals surface area contributed by atoms with Crippen molar-refractivity contribution in [1.29, 1.82) is 0 Å². The van der Waals surface area contributed by atoms with Gasteiger partial charge in [0.1, 0.15) is 0 Å². The third-order valence-corrected chi connectivity index (χ3v) is 1.85. The molecule has 0 amide bonds. The van der Waals surface area contributed by atoms with E-state index in [1.54, 1.807) is 6.08 Å². The second-order valence-electron chi connectivity index (χ2n) is 3.50. The van der Waals surface area contributed by atoms with Crippen molar-refractivity contribution < 1.29 is 14.3 Å². The second-order valence-corrected chi connectivity index (χ2v) is 7.93. The molecule has 0 saturated carbocycles. The maximum Gasteiger partial charge on any atom is 0.369 e. The van der Waals surface area contributed by atoms with Crippen molar-refractivity contribution in [3.05, 3.63) is 11.8 Å². The van der Waals surface area contributed by atoms with Gasteiger partial charge in [-0.15, -0.1) is 0 Å². The quantitative estimate of drug-likeness (QED) is 0.418. The highest BCUT2D eigenvalue weighted by Crippen LogP contribution is 2.10. The van der Waals surface area contributed by atoms with Crippen LogP contribution >= 0.6 is 0 Å². The molecule has 0 aliphatic carbocycles. The van der Waals surface area contributed by atoms with Gasteiger partial charge in [-0.3, -0.25) is 0 Å². The van der Waals surface area contributed by atoms with E-state index in [-0.39, 0.29) is 5.76 Å². The molecule has 0 radical (unpaired) electrons. The fraction of sp³-hybridized carbons (Fsp3) is 0.625. The largest absolute Gasteiger partial charge is 0.540 e. The smallest absolute Gasteiger partial charge is 0.369 e. The van der Waals surface area contributed by atoms with Crippen LogP contribution < -0.4 is 0 Å². The Morgan fingerprint density at radius 3 is 2.25 bits per heavy atom. The molecular formula is C8H16O3Si. The lowest BCUT2D eigenvalue weighted by molar-refractivity contribution is -0.135. The molecule has 1 N–H and O–H groups in total. The van der Waals surface area contributed by atoms with Crippen LogP contribution in [0.15, 0.2) is 11.8 Å². The van der Waals surface area contributed by atoms with Crippen LogP contribution in [-0.2, 0) is 9.22 Å². The van der Waals surface area contributed by atoms with E-state index in [1.165, 1.54) is 0 Å². The van der Waals surface area contributed by atoms with Gasteiger partial charge in [0.15, 0.2) is 5.76 Å². The predicted molar refractivity (Wildman–Crippen MR) is 50.4 cm³/mol. The Kier molecular flexibility index (Phi) is 4.02. The first kappa shape index (κ1) is 11.2. The summed E-state index contributed by atoms with van der Waals surface area (Å²) in [7, 11) is -1.77. The molecule has 0 rings (SSSR count). The molecule has 4 heteroatoms. The van der Waals surface area contributed by atoms with Crippen molar-refractivity contribution >= 4 is 14.3 Å². The van der Waals surface area contributed by atoms with E-state index in [4.69, 9.17) is 9.53 Å². The average molecular weight is 188 g/mol. The van der Waals surface area contributed by atoms with Gasteiger partial charge in [0, 0.05) is 0 Å². The highest BCUT2D eigenvalue weighted by atomic mass is 28.4. The van der Waals surface area contributed by atoms with Gasteiger partial charge in [-0.2, -0.15) is 0 Å². The van der Waals surface area contributed by atoms with Crippen LogP contribution in [0.25, 0.3) is 0 Å². The number of carbonyl (C=O) groups is 1. The zero-order chi connectivity index (χ0) is 9.78. The summed E-state index contributed by atoms with van der Waals surface area (Å²) < 4.78 is 5.34. The summed E-state index contributed by atoms with van der Waals surface area (Å²) in [4.78, 5) is 10.6. The molecular weight excluding hydrogens is 172 g/mol. The maximum absolute atomic E-state index is 10.6. The zero-order valence-electron chi connectivity index (χ0n) is 8.05. The van der Waals surface area contributed by atoms with E-state index in [0.29, 0.717) is 6.42 Å². The highest BCUT2D eigenvalue weighted by Gasteiger charge is 2.20. The van der Waals surface area contributed by atoms with E-state index < -0.39 is 14.3 Å². The maximum atomic E-state index is 10.6. The number of allylic oxidation sites excluding steroid dienone is 1. The Morgan fingerprint density at radius 1 is 1.50 bits per heavy atom. The van der Waals surface area contributed by atoms with Crippen molar-refractivity contribution in [3.8, 4) is 0 Å². The van der Waals surface area contributed by atoms with Gasteiger partial charge in [-0.25, -0.2) is 4.79 Å². The molecule has 0 aromatic heterocycles. The molecule has 0 bridgehead atoms. The lowest BCUT2D eigenvalue weighted by Gasteiger charge is -2.19.